The Morgan fingerprint density at radius 1 is 1.41 bits per heavy atom. The average molecular weight is 262 g/mol. The molecular weight excluding hydrogens is 236 g/mol. The summed E-state index contributed by atoms with van der Waals surface area (Å²) < 4.78 is 5.00. The number of carbonyl (C=O) groups is 1. The van der Waals surface area contributed by atoms with E-state index in [2.05, 4.69) is 13.8 Å². The first-order chi connectivity index (χ1) is 7.88. The number of methoxy groups -OCH3 is 1. The van der Waals surface area contributed by atoms with Crippen LogP contribution in [0.25, 0.3) is 0 Å². The number of carbonyl (C=O) groups excluding carboxylic acids is 1. The summed E-state index contributed by atoms with van der Waals surface area (Å²) in [5.74, 6) is 0.172. The van der Waals surface area contributed by atoms with E-state index in [4.69, 9.17) is 4.74 Å². The molecule has 0 aliphatic rings. The predicted molar refractivity (Wildman–Crippen MR) is 74.4 cm³/mol. The molecule has 0 aliphatic carbocycles. The fourth-order valence-corrected chi connectivity index (χ4v) is 2.06. The Kier molecular flexibility index (Phi) is 7.83. The van der Waals surface area contributed by atoms with Gasteiger partial charge in [-0.15, -0.1) is 11.8 Å². The molecule has 0 radical (unpaired) electrons. The third-order valence-corrected chi connectivity index (χ3v) is 4.07. The molecule has 0 unspecified atom stereocenters. The van der Waals surface area contributed by atoms with Crippen molar-refractivity contribution in [1.29, 1.82) is 0 Å². The maximum atomic E-state index is 12.2. The topological polar surface area (TPSA) is 32.8 Å². The molecule has 5 heteroatoms. The van der Waals surface area contributed by atoms with E-state index >= 15 is 0 Å². The summed E-state index contributed by atoms with van der Waals surface area (Å²) in [6, 6.07) is 0. The Bertz CT molecular complexity index is 235. The predicted octanol–water partition coefficient (Wildman–Crippen LogP) is 1.51. The third kappa shape index (κ3) is 5.75. The first-order valence-corrected chi connectivity index (χ1v) is 7.14. The molecule has 0 spiro atoms. The Hall–Kier alpha value is -0.260. The fourth-order valence-electron chi connectivity index (χ4n) is 1.61. The van der Waals surface area contributed by atoms with Gasteiger partial charge in [0, 0.05) is 20.2 Å². The molecule has 0 saturated heterocycles. The molecule has 102 valence electrons. The van der Waals surface area contributed by atoms with Crippen LogP contribution in [-0.4, -0.2) is 67.2 Å². The van der Waals surface area contributed by atoms with Crippen molar-refractivity contribution in [2.75, 3.05) is 46.7 Å². The molecule has 0 aromatic rings. The second-order valence-electron chi connectivity index (χ2n) is 4.52. The first-order valence-electron chi connectivity index (χ1n) is 5.92. The minimum absolute atomic E-state index is 0.145. The maximum Gasteiger partial charge on any atom is 0.237 e. The Labute approximate surface area is 110 Å². The maximum absolute atomic E-state index is 12.2. The molecule has 0 fully saturated rings. The molecule has 4 nitrogen and oxygen atoms in total. The van der Waals surface area contributed by atoms with Gasteiger partial charge in [0.2, 0.25) is 5.91 Å². The van der Waals surface area contributed by atoms with Gasteiger partial charge in [0.1, 0.15) is 0 Å². The summed E-state index contributed by atoms with van der Waals surface area (Å²) in [6.45, 7) is 8.79. The normalized spacial score (nSPS) is 11.9. The molecule has 0 N–H and O–H groups in total. The van der Waals surface area contributed by atoms with Crippen molar-refractivity contribution >= 4 is 17.7 Å². The Balaban J connectivity index is 4.36. The monoisotopic (exact) mass is 262 g/mol. The van der Waals surface area contributed by atoms with Gasteiger partial charge in [0.05, 0.1) is 18.0 Å². The van der Waals surface area contributed by atoms with E-state index in [1.807, 2.05) is 30.0 Å². The highest BCUT2D eigenvalue weighted by Crippen LogP contribution is 2.26. The van der Waals surface area contributed by atoms with Crippen molar-refractivity contribution in [3.05, 3.63) is 0 Å². The van der Waals surface area contributed by atoms with Crippen molar-refractivity contribution in [3.8, 4) is 0 Å². The van der Waals surface area contributed by atoms with Crippen LogP contribution in [0.15, 0.2) is 0 Å². The number of nitrogens with zero attached hydrogens (tertiary/aromatic N) is 2. The van der Waals surface area contributed by atoms with Gasteiger partial charge in [-0.1, -0.05) is 0 Å². The highest BCUT2D eigenvalue weighted by atomic mass is 32.2. The molecule has 0 atom stereocenters. The van der Waals surface area contributed by atoms with Crippen LogP contribution in [0.1, 0.15) is 20.8 Å². The van der Waals surface area contributed by atoms with Crippen molar-refractivity contribution in [1.82, 2.24) is 9.80 Å². The van der Waals surface area contributed by atoms with Crippen LogP contribution in [0.4, 0.5) is 0 Å². The van der Waals surface area contributed by atoms with E-state index in [0.29, 0.717) is 13.2 Å². The number of thioether (sulfide) groups is 1. The minimum atomic E-state index is -0.145. The van der Waals surface area contributed by atoms with Crippen LogP contribution >= 0.6 is 11.8 Å². The van der Waals surface area contributed by atoms with Gasteiger partial charge in [-0.3, -0.25) is 9.69 Å². The molecule has 1 amide bonds. The molecule has 0 saturated carbocycles. The minimum Gasteiger partial charge on any atom is -0.383 e. The summed E-state index contributed by atoms with van der Waals surface area (Å²) in [7, 11) is 3.61. The number of hydrogen-bond acceptors (Lipinski definition) is 4. The van der Waals surface area contributed by atoms with Crippen LogP contribution in [0.3, 0.4) is 0 Å². The van der Waals surface area contributed by atoms with Gasteiger partial charge in [0.15, 0.2) is 0 Å². The van der Waals surface area contributed by atoms with Crippen molar-refractivity contribution in [2.45, 2.75) is 25.6 Å². The highest BCUT2D eigenvalue weighted by molar-refractivity contribution is 7.99. The van der Waals surface area contributed by atoms with Crippen molar-refractivity contribution in [2.24, 2.45) is 0 Å². The second kappa shape index (κ2) is 7.95. The molecule has 17 heavy (non-hydrogen) atoms. The fraction of sp³-hybridized carbons (Fsp3) is 0.917. The van der Waals surface area contributed by atoms with Crippen LogP contribution in [-0.2, 0) is 9.53 Å². The molecule has 0 rings (SSSR count). The molecule has 0 aromatic heterocycles. The number of rotatable bonds is 8. The number of ether oxygens (including phenoxy) is 1. The van der Waals surface area contributed by atoms with E-state index in [-0.39, 0.29) is 10.8 Å². The molecule has 0 aliphatic heterocycles. The highest BCUT2D eigenvalue weighted by Gasteiger charge is 2.28. The number of hydrogen-bond donors (Lipinski definition) is 0. The lowest BCUT2D eigenvalue weighted by molar-refractivity contribution is -0.134. The van der Waals surface area contributed by atoms with Gasteiger partial charge in [-0.05, 0) is 34.1 Å². The SMILES string of the molecule is CCN(C(=O)CN(C)CCOC)C(C)(C)SC. The largest absolute Gasteiger partial charge is 0.383 e. The standard InChI is InChI=1S/C12H26N2O2S/c1-7-14(12(2,3)17-6)11(15)10-13(4)8-9-16-5/h7-10H2,1-6H3. The van der Waals surface area contributed by atoms with Crippen LogP contribution in [0.5, 0.6) is 0 Å². The van der Waals surface area contributed by atoms with Gasteiger partial charge >= 0.3 is 0 Å². The molecule has 0 heterocycles. The van der Waals surface area contributed by atoms with E-state index in [9.17, 15) is 4.79 Å². The van der Waals surface area contributed by atoms with E-state index in [1.54, 1.807) is 18.9 Å². The average Bonchev–Trinajstić information content (AvgIpc) is 2.26. The molecule has 0 bridgehead atoms. The van der Waals surface area contributed by atoms with E-state index in [0.717, 1.165) is 13.1 Å². The van der Waals surface area contributed by atoms with Gasteiger partial charge < -0.3 is 9.64 Å². The van der Waals surface area contributed by atoms with E-state index in [1.165, 1.54) is 0 Å². The van der Waals surface area contributed by atoms with Crippen LogP contribution in [0, 0.1) is 0 Å². The van der Waals surface area contributed by atoms with Gasteiger partial charge in [0.25, 0.3) is 0 Å². The lowest BCUT2D eigenvalue weighted by Crippen LogP contribution is -2.49. The van der Waals surface area contributed by atoms with Gasteiger partial charge in [-0.25, -0.2) is 0 Å². The summed E-state index contributed by atoms with van der Waals surface area (Å²) in [5.41, 5.74) is 0. The zero-order valence-corrected chi connectivity index (χ0v) is 12.8. The Morgan fingerprint density at radius 3 is 2.41 bits per heavy atom. The first kappa shape index (κ1) is 16.7. The lowest BCUT2D eigenvalue weighted by atomic mass is 10.3. The summed E-state index contributed by atoms with van der Waals surface area (Å²) in [6.07, 6.45) is 2.03. The second-order valence-corrected chi connectivity index (χ2v) is 5.93. The van der Waals surface area contributed by atoms with Crippen molar-refractivity contribution in [3.63, 3.8) is 0 Å². The van der Waals surface area contributed by atoms with Gasteiger partial charge in [-0.2, -0.15) is 0 Å². The quantitative estimate of drug-likeness (QED) is 0.621. The zero-order valence-electron chi connectivity index (χ0n) is 11.9. The number of likely N-dealkylation sites (N-methyl/N-ethyl adjacent to an activating group) is 2. The van der Waals surface area contributed by atoms with E-state index < -0.39 is 0 Å². The smallest absolute Gasteiger partial charge is 0.237 e. The van der Waals surface area contributed by atoms with Crippen molar-refractivity contribution < 1.29 is 9.53 Å². The molecule has 0 aromatic carbocycles. The summed E-state index contributed by atoms with van der Waals surface area (Å²) >= 11 is 1.69. The zero-order chi connectivity index (χ0) is 13.5. The summed E-state index contributed by atoms with van der Waals surface area (Å²) in [4.78, 5) is 15.9. The number of amides is 1. The van der Waals surface area contributed by atoms with Crippen LogP contribution in [0.2, 0.25) is 0 Å². The summed E-state index contributed by atoms with van der Waals surface area (Å²) in [5, 5.41) is 0. The Morgan fingerprint density at radius 2 is 2.00 bits per heavy atom. The third-order valence-electron chi connectivity index (χ3n) is 2.85. The molecular formula is C12H26N2O2S. The van der Waals surface area contributed by atoms with Crippen LogP contribution < -0.4 is 0 Å². The lowest BCUT2D eigenvalue weighted by Gasteiger charge is -2.37.